The molecule has 322 valence electrons. The highest BCUT2D eigenvalue weighted by Crippen LogP contribution is 2.21. The monoisotopic (exact) mass is 822 g/mol. The van der Waals surface area contributed by atoms with E-state index in [1.165, 1.54) is 4.90 Å². The molecule has 4 aliphatic heterocycles. The van der Waals surface area contributed by atoms with Gasteiger partial charge in [-0.25, -0.2) is 4.79 Å². The van der Waals surface area contributed by atoms with Crippen molar-refractivity contribution in [1.82, 2.24) is 46.6 Å². The Morgan fingerprint density at radius 2 is 1.19 bits per heavy atom. The van der Waals surface area contributed by atoms with Crippen LogP contribution in [0.2, 0.25) is 0 Å². The molecule has 0 unspecified atom stereocenters. The number of hydrogen-bond acceptors (Lipinski definition) is 13. The van der Waals surface area contributed by atoms with Gasteiger partial charge in [0.1, 0.15) is 36.3 Å². The van der Waals surface area contributed by atoms with Crippen molar-refractivity contribution >= 4 is 59.1 Å². The zero-order valence-corrected chi connectivity index (χ0v) is 32.1. The first-order valence-electron chi connectivity index (χ1n) is 19.5. The van der Waals surface area contributed by atoms with Gasteiger partial charge in [0.05, 0.1) is 32.3 Å². The lowest BCUT2D eigenvalue weighted by Gasteiger charge is -2.30. The van der Waals surface area contributed by atoms with Crippen LogP contribution in [0.1, 0.15) is 64.2 Å². The van der Waals surface area contributed by atoms with E-state index in [4.69, 9.17) is 5.73 Å². The molecule has 0 aromatic carbocycles. The standard InChI is InChI=1S/C35H54N10O13/c36-26(48)10-9-20(41-32(54)24-7-2-12-43(24)28(50)16-39-29(51)19-5-1-11-37-19)30(52)42-22(18-47)34(56)44-13-3-6-23(44)31(53)38-15-27(49)40-21(17-46)33(55)45-14-4-8-25(45)35(57)58/h19-25,37,46-47H,1-18H2,(H2,36,48)(H,38,53)(H,39,51)(H,40,49)(H,41,54)(H,42,52)(H,57,58)/t19-,20-,21-,22-,23-,24-,25-/m0/s1. The number of primary amides is 1. The summed E-state index contributed by atoms with van der Waals surface area (Å²) in [5.74, 6) is -7.80. The van der Waals surface area contributed by atoms with E-state index in [1.807, 2.05) is 0 Å². The van der Waals surface area contributed by atoms with Crippen molar-refractivity contribution in [3.8, 4) is 0 Å². The summed E-state index contributed by atoms with van der Waals surface area (Å²) in [5.41, 5.74) is 5.30. The fraction of sp³-hybridized carbons (Fsp3) is 0.714. The van der Waals surface area contributed by atoms with Crippen LogP contribution in [-0.2, 0) is 47.9 Å². The Morgan fingerprint density at radius 1 is 0.638 bits per heavy atom. The van der Waals surface area contributed by atoms with Crippen molar-refractivity contribution in [2.45, 2.75) is 107 Å². The van der Waals surface area contributed by atoms with Crippen LogP contribution in [0.4, 0.5) is 0 Å². The normalized spacial score (nSPS) is 23.0. The quantitative estimate of drug-likeness (QED) is 0.0580. The lowest BCUT2D eigenvalue weighted by molar-refractivity contribution is -0.149. The summed E-state index contributed by atoms with van der Waals surface area (Å²) in [7, 11) is 0. The third-order valence-corrected chi connectivity index (χ3v) is 10.7. The van der Waals surface area contributed by atoms with Gasteiger partial charge in [-0.1, -0.05) is 0 Å². The minimum absolute atomic E-state index is 0.0438. The van der Waals surface area contributed by atoms with Crippen LogP contribution in [0.25, 0.3) is 0 Å². The minimum Gasteiger partial charge on any atom is -0.480 e. The molecule has 9 amide bonds. The van der Waals surface area contributed by atoms with Gasteiger partial charge in [0.25, 0.3) is 0 Å². The second kappa shape index (κ2) is 21.4. The molecule has 23 nitrogen and oxygen atoms in total. The molecule has 4 fully saturated rings. The number of aliphatic hydroxyl groups is 2. The highest BCUT2D eigenvalue weighted by Gasteiger charge is 2.41. The third kappa shape index (κ3) is 11.8. The molecule has 11 N–H and O–H groups in total. The molecule has 23 heteroatoms. The maximum Gasteiger partial charge on any atom is 0.326 e. The zero-order valence-electron chi connectivity index (χ0n) is 32.1. The SMILES string of the molecule is NC(=O)CC[C@H](NC(=O)[C@@H]1CCCN1C(=O)CNC(=O)[C@@H]1CCCN1)C(=O)N[C@@H](CO)C(=O)N1CCC[C@H]1C(=O)NCC(=O)N[C@@H](CO)C(=O)N1CCC[C@H]1C(=O)O. The summed E-state index contributed by atoms with van der Waals surface area (Å²) in [6.07, 6.45) is 2.70. The number of nitrogens with one attached hydrogen (secondary N) is 6. The Kier molecular flexibility index (Phi) is 16.7. The molecule has 0 aliphatic carbocycles. The number of rotatable bonds is 19. The summed E-state index contributed by atoms with van der Waals surface area (Å²) in [4.78, 5) is 131. The second-order valence-corrected chi connectivity index (χ2v) is 14.7. The summed E-state index contributed by atoms with van der Waals surface area (Å²) in [6.45, 7) is -1.66. The van der Waals surface area contributed by atoms with Gasteiger partial charge in [0.15, 0.2) is 0 Å². The molecule has 0 spiro atoms. The number of carboxylic acids is 1. The van der Waals surface area contributed by atoms with E-state index in [9.17, 15) is 63.3 Å². The first-order valence-corrected chi connectivity index (χ1v) is 19.5. The van der Waals surface area contributed by atoms with Gasteiger partial charge in [0, 0.05) is 26.1 Å². The summed E-state index contributed by atoms with van der Waals surface area (Å²) in [5, 5.41) is 44.4. The Bertz CT molecular complexity index is 1590. The average Bonchev–Trinajstić information content (AvgIpc) is 4.05. The van der Waals surface area contributed by atoms with E-state index in [2.05, 4.69) is 31.9 Å². The zero-order chi connectivity index (χ0) is 42.5. The van der Waals surface area contributed by atoms with E-state index < -0.39 is 115 Å². The number of amides is 9. The molecule has 0 saturated carbocycles. The molecule has 4 rings (SSSR count). The second-order valence-electron chi connectivity index (χ2n) is 14.7. The van der Waals surface area contributed by atoms with Crippen molar-refractivity contribution in [1.29, 1.82) is 0 Å². The van der Waals surface area contributed by atoms with Crippen LogP contribution >= 0.6 is 0 Å². The van der Waals surface area contributed by atoms with Crippen LogP contribution in [0.15, 0.2) is 0 Å². The Labute approximate surface area is 333 Å². The number of hydrogen-bond donors (Lipinski definition) is 10. The molecule has 7 atom stereocenters. The summed E-state index contributed by atoms with van der Waals surface area (Å²) in [6, 6.07) is -8.11. The molecule has 0 bridgehead atoms. The van der Waals surface area contributed by atoms with E-state index in [0.29, 0.717) is 32.2 Å². The number of aliphatic carboxylic acids is 1. The number of carbonyl (C=O) groups excluding carboxylic acids is 9. The molecule has 0 aromatic rings. The lowest BCUT2D eigenvalue weighted by Crippen LogP contribution is -2.59. The van der Waals surface area contributed by atoms with Crippen molar-refractivity contribution in [3.63, 3.8) is 0 Å². The fourth-order valence-electron chi connectivity index (χ4n) is 7.62. The van der Waals surface area contributed by atoms with E-state index >= 15 is 0 Å². The highest BCUT2D eigenvalue weighted by atomic mass is 16.4. The number of carbonyl (C=O) groups is 10. The van der Waals surface area contributed by atoms with Gasteiger partial charge in [-0.15, -0.1) is 0 Å². The molecular weight excluding hydrogens is 768 g/mol. The van der Waals surface area contributed by atoms with Gasteiger partial charge in [-0.05, 0) is 64.3 Å². The molecule has 4 saturated heterocycles. The molecule has 58 heavy (non-hydrogen) atoms. The smallest absolute Gasteiger partial charge is 0.326 e. The fourth-order valence-corrected chi connectivity index (χ4v) is 7.62. The Balaban J connectivity index is 1.32. The maximum atomic E-state index is 13.6. The van der Waals surface area contributed by atoms with Gasteiger partial charge in [0.2, 0.25) is 53.2 Å². The number of carboxylic acid groups (broad SMARTS) is 1. The van der Waals surface area contributed by atoms with Crippen LogP contribution in [0.5, 0.6) is 0 Å². The first-order chi connectivity index (χ1) is 27.7. The number of aliphatic hydroxyl groups excluding tert-OH is 2. The molecule has 0 aromatic heterocycles. The van der Waals surface area contributed by atoms with Crippen LogP contribution in [0.3, 0.4) is 0 Å². The van der Waals surface area contributed by atoms with Crippen LogP contribution in [0, 0.1) is 0 Å². The Morgan fingerprint density at radius 3 is 1.76 bits per heavy atom. The van der Waals surface area contributed by atoms with Gasteiger partial charge in [-0.3, -0.25) is 43.2 Å². The highest BCUT2D eigenvalue weighted by molar-refractivity contribution is 5.97. The van der Waals surface area contributed by atoms with Crippen LogP contribution < -0.4 is 37.6 Å². The average molecular weight is 823 g/mol. The topological polar surface area (TPSA) is 339 Å². The van der Waals surface area contributed by atoms with Crippen molar-refractivity contribution < 1.29 is 63.3 Å². The van der Waals surface area contributed by atoms with Crippen molar-refractivity contribution in [2.75, 3.05) is 52.5 Å². The number of likely N-dealkylation sites (tertiary alicyclic amines) is 3. The third-order valence-electron chi connectivity index (χ3n) is 10.7. The van der Waals surface area contributed by atoms with Gasteiger partial charge < -0.3 is 67.7 Å². The van der Waals surface area contributed by atoms with E-state index in [1.54, 1.807) is 0 Å². The Hall–Kier alpha value is -5.42. The predicted octanol–water partition coefficient (Wildman–Crippen LogP) is -6.27. The number of nitrogens with two attached hydrogens (primary N) is 1. The molecule has 0 radical (unpaired) electrons. The van der Waals surface area contributed by atoms with E-state index in [0.717, 1.165) is 16.2 Å². The predicted molar refractivity (Wildman–Crippen MR) is 197 cm³/mol. The van der Waals surface area contributed by atoms with Crippen LogP contribution in [-0.4, -0.2) is 184 Å². The first kappa shape index (κ1) is 45.3. The minimum atomic E-state index is -1.60. The summed E-state index contributed by atoms with van der Waals surface area (Å²) < 4.78 is 0. The van der Waals surface area contributed by atoms with Gasteiger partial charge in [-0.2, -0.15) is 0 Å². The lowest BCUT2D eigenvalue weighted by atomic mass is 10.1. The van der Waals surface area contributed by atoms with Crippen molar-refractivity contribution in [3.05, 3.63) is 0 Å². The summed E-state index contributed by atoms with van der Waals surface area (Å²) >= 11 is 0. The molecule has 4 aliphatic rings. The molecule has 4 heterocycles. The van der Waals surface area contributed by atoms with Crippen molar-refractivity contribution in [2.24, 2.45) is 5.73 Å². The van der Waals surface area contributed by atoms with Gasteiger partial charge >= 0.3 is 5.97 Å². The maximum absolute atomic E-state index is 13.6. The molecular formula is C35H54N10O13. The largest absolute Gasteiger partial charge is 0.480 e. The number of nitrogens with zero attached hydrogens (tertiary/aromatic N) is 3. The van der Waals surface area contributed by atoms with E-state index in [-0.39, 0.29) is 64.2 Å².